The third-order valence-electron chi connectivity index (χ3n) is 3.46. The van der Waals surface area contributed by atoms with Crippen LogP contribution in [0.5, 0.6) is 0 Å². The van der Waals surface area contributed by atoms with Crippen molar-refractivity contribution in [1.82, 2.24) is 0 Å². The number of carboxylic acid groups (broad SMARTS) is 1. The second kappa shape index (κ2) is 17.6. The maximum atomic E-state index is 11.8. The number of aliphatic hydroxyl groups excluding tert-OH is 1. The molecule has 0 aromatic heterocycles. The van der Waals surface area contributed by atoms with E-state index in [1.165, 1.54) is 0 Å². The second-order valence-electron chi connectivity index (χ2n) is 5.83. The third-order valence-corrected chi connectivity index (χ3v) is 3.46. The predicted octanol–water partition coefficient (Wildman–Crippen LogP) is 4.92. The molecule has 4 heteroatoms. The minimum absolute atomic E-state index is 0.160. The highest BCUT2D eigenvalue weighted by atomic mass is 16.4. The average Bonchev–Trinajstić information content (AvgIpc) is 2.61. The molecule has 0 rings (SSSR count). The quantitative estimate of drug-likeness (QED) is 0.406. The Labute approximate surface area is 157 Å². The fraction of sp³-hybridized carbons (Fsp3) is 0.455. The minimum atomic E-state index is -0.941. The van der Waals surface area contributed by atoms with Crippen LogP contribution in [0.25, 0.3) is 0 Å². The zero-order chi connectivity index (χ0) is 19.5. The van der Waals surface area contributed by atoms with Gasteiger partial charge in [0.05, 0.1) is 0 Å². The van der Waals surface area contributed by atoms with Crippen LogP contribution >= 0.6 is 0 Å². The van der Waals surface area contributed by atoms with Gasteiger partial charge in [-0.1, -0.05) is 67.7 Å². The van der Waals surface area contributed by atoms with Gasteiger partial charge in [-0.3, -0.25) is 9.59 Å². The Balaban J connectivity index is 3.79. The van der Waals surface area contributed by atoms with E-state index >= 15 is 0 Å². The minimum Gasteiger partial charge on any atom is -0.481 e. The molecule has 0 aliphatic rings. The number of rotatable bonds is 15. The van der Waals surface area contributed by atoms with Crippen molar-refractivity contribution in [3.8, 4) is 0 Å². The van der Waals surface area contributed by atoms with Gasteiger partial charge in [-0.05, 0) is 38.5 Å². The normalized spacial score (nSPS) is 13.8. The second-order valence-corrected chi connectivity index (χ2v) is 5.83. The molecule has 0 bridgehead atoms. The van der Waals surface area contributed by atoms with Gasteiger partial charge in [0.15, 0.2) is 5.78 Å². The number of aliphatic carboxylic acids is 1. The highest BCUT2D eigenvalue weighted by Gasteiger charge is 2.10. The lowest BCUT2D eigenvalue weighted by molar-refractivity contribution is -0.136. The van der Waals surface area contributed by atoms with Gasteiger partial charge < -0.3 is 10.2 Å². The number of aliphatic hydroxyl groups is 1. The van der Waals surface area contributed by atoms with Crippen molar-refractivity contribution >= 4 is 11.8 Å². The molecular formula is C22H32O4. The first-order valence-electron chi connectivity index (χ1n) is 9.25. The summed E-state index contributed by atoms with van der Waals surface area (Å²) in [6.07, 6.45) is 23.2. The summed E-state index contributed by atoms with van der Waals surface area (Å²) < 4.78 is 0. The maximum absolute atomic E-state index is 11.8. The summed E-state index contributed by atoms with van der Waals surface area (Å²) in [5, 5.41) is 18.3. The molecule has 0 aromatic rings. The van der Waals surface area contributed by atoms with Gasteiger partial charge in [-0.15, -0.1) is 0 Å². The molecule has 0 spiro atoms. The van der Waals surface area contributed by atoms with E-state index in [1.54, 1.807) is 0 Å². The Bertz CT molecular complexity index is 524. The average molecular weight is 360 g/mol. The van der Waals surface area contributed by atoms with Crippen molar-refractivity contribution in [3.05, 3.63) is 60.8 Å². The summed E-state index contributed by atoms with van der Waals surface area (Å²) in [6.45, 7) is 2.08. The summed E-state index contributed by atoms with van der Waals surface area (Å²) in [4.78, 5) is 22.1. The molecule has 0 aromatic carbocycles. The monoisotopic (exact) mass is 360 g/mol. The molecule has 144 valence electrons. The summed E-state index contributed by atoms with van der Waals surface area (Å²) in [5.74, 6) is -0.941. The van der Waals surface area contributed by atoms with Gasteiger partial charge in [0, 0.05) is 12.8 Å². The molecule has 0 heterocycles. The van der Waals surface area contributed by atoms with Gasteiger partial charge in [-0.25, -0.2) is 0 Å². The molecule has 1 atom stereocenters. The highest BCUT2D eigenvalue weighted by molar-refractivity contribution is 5.84. The van der Waals surface area contributed by atoms with Crippen molar-refractivity contribution in [1.29, 1.82) is 0 Å². The fourth-order valence-corrected chi connectivity index (χ4v) is 2.00. The molecule has 26 heavy (non-hydrogen) atoms. The van der Waals surface area contributed by atoms with Crippen LogP contribution in [-0.4, -0.2) is 28.1 Å². The molecule has 0 aliphatic heterocycles. The molecular weight excluding hydrogens is 328 g/mol. The van der Waals surface area contributed by atoms with Crippen LogP contribution in [0, 0.1) is 0 Å². The number of ketones is 1. The zero-order valence-electron chi connectivity index (χ0n) is 15.7. The van der Waals surface area contributed by atoms with Gasteiger partial charge in [-0.2, -0.15) is 0 Å². The first-order valence-corrected chi connectivity index (χ1v) is 9.25. The van der Waals surface area contributed by atoms with Crippen LogP contribution in [0.2, 0.25) is 0 Å². The lowest BCUT2D eigenvalue weighted by Gasteiger charge is -2.04. The standard InChI is InChI=1S/C22H32O4/c1-2-3-4-5-11-14-17-20(23)21(24)18-15-12-9-7-6-8-10-13-16-19-22(25)26/h3-4,6-7,10-15,21,24H,2,5,8-9,16-19H2,1H3,(H,25,26)/b4-3?,7-6?,13-10-,14-11?,15-12?. The molecule has 0 aliphatic carbocycles. The van der Waals surface area contributed by atoms with Crippen LogP contribution in [0.1, 0.15) is 58.3 Å². The van der Waals surface area contributed by atoms with Crippen molar-refractivity contribution in [2.24, 2.45) is 0 Å². The molecule has 0 saturated carbocycles. The zero-order valence-corrected chi connectivity index (χ0v) is 15.7. The van der Waals surface area contributed by atoms with Gasteiger partial charge in [0.1, 0.15) is 6.10 Å². The van der Waals surface area contributed by atoms with E-state index in [0.717, 1.165) is 25.7 Å². The van der Waals surface area contributed by atoms with E-state index < -0.39 is 12.1 Å². The van der Waals surface area contributed by atoms with Gasteiger partial charge in [0.2, 0.25) is 0 Å². The van der Waals surface area contributed by atoms with Crippen LogP contribution < -0.4 is 0 Å². The molecule has 0 radical (unpaired) electrons. The highest BCUT2D eigenvalue weighted by Crippen LogP contribution is 2.02. The Hall–Kier alpha value is -2.20. The molecule has 0 fully saturated rings. The largest absolute Gasteiger partial charge is 0.481 e. The van der Waals surface area contributed by atoms with Crippen molar-refractivity contribution in [2.45, 2.75) is 64.4 Å². The van der Waals surface area contributed by atoms with E-state index in [0.29, 0.717) is 12.8 Å². The van der Waals surface area contributed by atoms with E-state index in [2.05, 4.69) is 19.1 Å². The smallest absolute Gasteiger partial charge is 0.303 e. The van der Waals surface area contributed by atoms with Gasteiger partial charge in [0.25, 0.3) is 0 Å². The molecule has 0 amide bonds. The van der Waals surface area contributed by atoms with Crippen LogP contribution in [-0.2, 0) is 9.59 Å². The molecule has 1 unspecified atom stereocenters. The van der Waals surface area contributed by atoms with Crippen LogP contribution in [0.3, 0.4) is 0 Å². The maximum Gasteiger partial charge on any atom is 0.303 e. The van der Waals surface area contributed by atoms with Gasteiger partial charge >= 0.3 is 5.97 Å². The Kier molecular flexibility index (Phi) is 16.1. The Morgan fingerprint density at radius 1 is 0.808 bits per heavy atom. The van der Waals surface area contributed by atoms with E-state index in [1.807, 2.05) is 48.6 Å². The first kappa shape index (κ1) is 23.8. The lowest BCUT2D eigenvalue weighted by Crippen LogP contribution is -2.18. The molecule has 2 N–H and O–H groups in total. The topological polar surface area (TPSA) is 74.6 Å². The number of allylic oxidation sites excluding steroid dienone is 9. The SMILES string of the molecule is CCC=CCC=CCC(=O)C(O)CC=CCC=CC/C=C\CCC(=O)O. The Morgan fingerprint density at radius 3 is 1.96 bits per heavy atom. The van der Waals surface area contributed by atoms with Crippen LogP contribution in [0.15, 0.2) is 60.8 Å². The number of carbonyl (C=O) groups is 2. The number of Topliss-reactive ketones (excluding diaryl/α,β-unsaturated/α-hetero) is 1. The van der Waals surface area contributed by atoms with Crippen molar-refractivity contribution in [2.75, 3.05) is 0 Å². The number of hydrogen-bond donors (Lipinski definition) is 2. The number of hydrogen-bond acceptors (Lipinski definition) is 3. The third kappa shape index (κ3) is 16.7. The molecule has 4 nitrogen and oxygen atoms in total. The first-order chi connectivity index (χ1) is 12.6. The van der Waals surface area contributed by atoms with E-state index in [9.17, 15) is 14.7 Å². The lowest BCUT2D eigenvalue weighted by atomic mass is 10.1. The number of carbonyl (C=O) groups excluding carboxylic acids is 1. The molecule has 0 saturated heterocycles. The predicted molar refractivity (Wildman–Crippen MR) is 107 cm³/mol. The summed E-state index contributed by atoms with van der Waals surface area (Å²) in [5.41, 5.74) is 0. The van der Waals surface area contributed by atoms with Crippen molar-refractivity contribution in [3.63, 3.8) is 0 Å². The van der Waals surface area contributed by atoms with Crippen molar-refractivity contribution < 1.29 is 19.8 Å². The number of carboxylic acids is 1. The summed E-state index contributed by atoms with van der Waals surface area (Å²) in [6, 6.07) is 0. The Morgan fingerprint density at radius 2 is 1.35 bits per heavy atom. The summed E-state index contributed by atoms with van der Waals surface area (Å²) >= 11 is 0. The van der Waals surface area contributed by atoms with Crippen LogP contribution in [0.4, 0.5) is 0 Å². The van der Waals surface area contributed by atoms with E-state index in [-0.39, 0.29) is 18.6 Å². The fourth-order valence-electron chi connectivity index (χ4n) is 2.00. The van der Waals surface area contributed by atoms with E-state index in [4.69, 9.17) is 5.11 Å². The summed E-state index contributed by atoms with van der Waals surface area (Å²) in [7, 11) is 0.